The number of aromatic nitrogens is 1. The predicted molar refractivity (Wildman–Crippen MR) is 77.4 cm³/mol. The molecule has 1 aromatic heterocycles. The van der Waals surface area contributed by atoms with E-state index < -0.39 is 4.92 Å². The van der Waals surface area contributed by atoms with E-state index in [1.54, 1.807) is 12.1 Å². The van der Waals surface area contributed by atoms with Gasteiger partial charge in [0.1, 0.15) is 6.10 Å². The summed E-state index contributed by atoms with van der Waals surface area (Å²) in [5, 5.41) is 19.8. The third-order valence-electron chi connectivity index (χ3n) is 4.76. The van der Waals surface area contributed by atoms with Crippen molar-refractivity contribution in [1.82, 2.24) is 4.98 Å². The van der Waals surface area contributed by atoms with Gasteiger partial charge in [-0.3, -0.25) is 0 Å². The predicted octanol–water partition coefficient (Wildman–Crippen LogP) is 2.47. The van der Waals surface area contributed by atoms with E-state index in [2.05, 4.69) is 4.98 Å². The standard InChI is InChI=1S/C15H17N3O4/c1-14-6-15(7-14,8-21-14)12(16)10-4-5-11(22-9-2-3-9)17-13(10)18(19)20/h4-5,9,16H,2-3,6-8H2,1H3. The molecule has 4 fully saturated rings. The number of hydrogen-bond acceptors (Lipinski definition) is 6. The smallest absolute Gasteiger partial charge is 0.376 e. The van der Waals surface area contributed by atoms with Gasteiger partial charge >= 0.3 is 11.7 Å². The maximum atomic E-state index is 11.3. The molecule has 2 aliphatic carbocycles. The van der Waals surface area contributed by atoms with Crippen molar-refractivity contribution in [2.45, 2.75) is 44.3 Å². The van der Waals surface area contributed by atoms with E-state index in [0.717, 1.165) is 25.7 Å². The quantitative estimate of drug-likeness (QED) is 0.512. The number of rotatable bonds is 5. The first-order chi connectivity index (χ1) is 10.4. The third-order valence-corrected chi connectivity index (χ3v) is 4.76. The molecule has 116 valence electrons. The van der Waals surface area contributed by atoms with E-state index >= 15 is 0 Å². The zero-order chi connectivity index (χ0) is 15.5. The Morgan fingerprint density at radius 1 is 1.50 bits per heavy atom. The molecule has 0 unspecified atom stereocenters. The molecule has 2 saturated heterocycles. The molecule has 7 nitrogen and oxygen atoms in total. The minimum Gasteiger partial charge on any atom is -0.456 e. The van der Waals surface area contributed by atoms with Crippen LogP contribution in [0.2, 0.25) is 0 Å². The molecule has 2 aliphatic heterocycles. The van der Waals surface area contributed by atoms with E-state index in [1.165, 1.54) is 0 Å². The van der Waals surface area contributed by atoms with Crippen LogP contribution in [0.5, 0.6) is 5.88 Å². The second-order valence-electron chi connectivity index (χ2n) is 6.84. The average molecular weight is 303 g/mol. The summed E-state index contributed by atoms with van der Waals surface area (Å²) >= 11 is 0. The van der Waals surface area contributed by atoms with E-state index in [0.29, 0.717) is 6.61 Å². The Kier molecular flexibility index (Phi) is 2.64. The Labute approximate surface area is 127 Å². The highest BCUT2D eigenvalue weighted by Gasteiger charge is 2.62. The molecule has 0 spiro atoms. The molecule has 4 aliphatic rings. The molecule has 0 amide bonds. The lowest BCUT2D eigenvalue weighted by Crippen LogP contribution is -2.47. The second-order valence-corrected chi connectivity index (χ2v) is 6.84. The first-order valence-electron chi connectivity index (χ1n) is 7.46. The Morgan fingerprint density at radius 2 is 2.23 bits per heavy atom. The van der Waals surface area contributed by atoms with Gasteiger partial charge in [0, 0.05) is 16.5 Å². The van der Waals surface area contributed by atoms with E-state index in [1.807, 2.05) is 6.92 Å². The van der Waals surface area contributed by atoms with Gasteiger partial charge in [0.25, 0.3) is 0 Å². The normalized spacial score (nSPS) is 32.4. The first kappa shape index (κ1) is 13.6. The van der Waals surface area contributed by atoms with Crippen molar-refractivity contribution in [3.63, 3.8) is 0 Å². The number of nitrogens with one attached hydrogen (secondary N) is 1. The molecule has 1 aromatic rings. The summed E-state index contributed by atoms with van der Waals surface area (Å²) in [6.45, 7) is 2.48. The highest BCUT2D eigenvalue weighted by Crippen LogP contribution is 2.59. The van der Waals surface area contributed by atoms with Gasteiger partial charge in [-0.25, -0.2) is 0 Å². The van der Waals surface area contributed by atoms with Crippen molar-refractivity contribution in [1.29, 1.82) is 5.41 Å². The number of nitro groups is 1. The zero-order valence-electron chi connectivity index (χ0n) is 12.3. The van der Waals surface area contributed by atoms with Crippen LogP contribution in [0.1, 0.15) is 38.2 Å². The molecular formula is C15H17N3O4. The number of hydrogen-bond donors (Lipinski definition) is 1. The number of nitrogens with zero attached hydrogens (tertiary/aromatic N) is 2. The van der Waals surface area contributed by atoms with Crippen LogP contribution in [-0.4, -0.2) is 33.9 Å². The number of ether oxygens (including phenoxy) is 2. The first-order valence-corrected chi connectivity index (χ1v) is 7.46. The fraction of sp³-hybridized carbons (Fsp3) is 0.600. The Hall–Kier alpha value is -2.02. The molecule has 2 bridgehead atoms. The molecule has 22 heavy (non-hydrogen) atoms. The molecule has 5 rings (SSSR count). The minimum absolute atomic E-state index is 0.131. The van der Waals surface area contributed by atoms with Crippen molar-refractivity contribution < 1.29 is 14.4 Å². The fourth-order valence-corrected chi connectivity index (χ4v) is 3.62. The summed E-state index contributed by atoms with van der Waals surface area (Å²) in [5.74, 6) is -0.0256. The Morgan fingerprint density at radius 3 is 2.77 bits per heavy atom. The van der Waals surface area contributed by atoms with Crippen LogP contribution in [0, 0.1) is 20.9 Å². The van der Waals surface area contributed by atoms with E-state index in [-0.39, 0.29) is 40.1 Å². The van der Waals surface area contributed by atoms with Gasteiger partial charge in [-0.05, 0) is 43.6 Å². The van der Waals surface area contributed by atoms with Gasteiger partial charge in [-0.1, -0.05) is 0 Å². The van der Waals surface area contributed by atoms with Crippen LogP contribution in [0.15, 0.2) is 12.1 Å². The summed E-state index contributed by atoms with van der Waals surface area (Å²) in [6, 6.07) is 3.22. The molecule has 0 atom stereocenters. The maximum absolute atomic E-state index is 11.3. The Balaban J connectivity index is 1.65. The van der Waals surface area contributed by atoms with Crippen molar-refractivity contribution >= 4 is 11.5 Å². The molecule has 3 heterocycles. The summed E-state index contributed by atoms with van der Waals surface area (Å²) < 4.78 is 11.2. The zero-order valence-corrected chi connectivity index (χ0v) is 12.3. The summed E-state index contributed by atoms with van der Waals surface area (Å²) in [5.41, 5.74) is -0.0100. The summed E-state index contributed by atoms with van der Waals surface area (Å²) in [6.07, 6.45) is 3.55. The van der Waals surface area contributed by atoms with Crippen molar-refractivity contribution in [2.24, 2.45) is 5.41 Å². The van der Waals surface area contributed by atoms with Crippen LogP contribution in [-0.2, 0) is 4.74 Å². The van der Waals surface area contributed by atoms with Crippen LogP contribution in [0.25, 0.3) is 0 Å². The molecule has 1 N–H and O–H groups in total. The minimum atomic E-state index is -0.534. The number of pyridine rings is 1. The Bertz CT molecular complexity index is 677. The van der Waals surface area contributed by atoms with Crippen LogP contribution in [0.3, 0.4) is 0 Å². The van der Waals surface area contributed by atoms with Gasteiger partial charge in [-0.2, -0.15) is 0 Å². The van der Waals surface area contributed by atoms with Gasteiger partial charge in [0.15, 0.2) is 0 Å². The lowest BCUT2D eigenvalue weighted by molar-refractivity contribution is -0.389. The van der Waals surface area contributed by atoms with E-state index in [9.17, 15) is 10.1 Å². The lowest BCUT2D eigenvalue weighted by Gasteiger charge is -2.42. The monoisotopic (exact) mass is 303 g/mol. The maximum Gasteiger partial charge on any atom is 0.376 e. The van der Waals surface area contributed by atoms with Crippen LogP contribution < -0.4 is 4.74 Å². The van der Waals surface area contributed by atoms with Gasteiger partial charge in [0.05, 0.1) is 23.5 Å². The largest absolute Gasteiger partial charge is 0.456 e. The van der Waals surface area contributed by atoms with E-state index in [4.69, 9.17) is 14.9 Å². The molecule has 2 saturated carbocycles. The highest BCUT2D eigenvalue weighted by molar-refractivity contribution is 6.06. The lowest BCUT2D eigenvalue weighted by atomic mass is 9.60. The second kappa shape index (κ2) is 4.25. The summed E-state index contributed by atoms with van der Waals surface area (Å²) in [7, 11) is 0. The highest BCUT2D eigenvalue weighted by atomic mass is 16.6. The van der Waals surface area contributed by atoms with Crippen molar-refractivity contribution in [2.75, 3.05) is 6.61 Å². The molecule has 0 aromatic carbocycles. The molecular weight excluding hydrogens is 286 g/mol. The fourth-order valence-electron chi connectivity index (χ4n) is 3.62. The molecule has 0 radical (unpaired) electrons. The topological polar surface area (TPSA) is 98.3 Å². The summed E-state index contributed by atoms with van der Waals surface area (Å²) in [4.78, 5) is 14.8. The number of fused-ring (bicyclic) bond motifs is 1. The van der Waals surface area contributed by atoms with Crippen molar-refractivity contribution in [3.05, 3.63) is 27.8 Å². The molecule has 7 heteroatoms. The van der Waals surface area contributed by atoms with Crippen molar-refractivity contribution in [3.8, 4) is 5.88 Å². The average Bonchev–Trinajstić information content (AvgIpc) is 3.11. The van der Waals surface area contributed by atoms with Crippen LogP contribution in [0.4, 0.5) is 5.82 Å². The third kappa shape index (κ3) is 1.99. The van der Waals surface area contributed by atoms with Gasteiger partial charge in [0.2, 0.25) is 0 Å². The van der Waals surface area contributed by atoms with Gasteiger partial charge < -0.3 is 25.0 Å². The van der Waals surface area contributed by atoms with Crippen LogP contribution >= 0.6 is 0 Å². The SMILES string of the molecule is CC12CC(C(=N)c3ccc(OC4CC4)nc3[N+](=O)[O-])(CO1)C2. The van der Waals surface area contributed by atoms with Gasteiger partial charge in [-0.15, -0.1) is 0 Å².